The quantitative estimate of drug-likeness (QED) is 0.0522. The highest BCUT2D eigenvalue weighted by Gasteiger charge is 2.44. The third-order valence-corrected chi connectivity index (χ3v) is 22.7. The molecule has 0 saturated carbocycles. The van der Waals surface area contributed by atoms with Gasteiger partial charge in [0.2, 0.25) is 17.8 Å². The van der Waals surface area contributed by atoms with E-state index in [4.69, 9.17) is 14.2 Å². The molecule has 0 unspecified atom stereocenters. The monoisotopic (exact) mass is 1730 g/mol. The van der Waals surface area contributed by atoms with Gasteiger partial charge in [0.1, 0.15) is 17.5 Å². The van der Waals surface area contributed by atoms with Crippen molar-refractivity contribution in [2.45, 2.75) is 70.4 Å². The lowest BCUT2D eigenvalue weighted by molar-refractivity contribution is -0.115. The summed E-state index contributed by atoms with van der Waals surface area (Å²) in [6.07, 6.45) is -0.146. The van der Waals surface area contributed by atoms with Crippen LogP contribution in [0, 0.1) is 17.5 Å². The zero-order valence-electron chi connectivity index (χ0n) is 69.2. The minimum absolute atomic E-state index is 0.00423. The number of ether oxygens (including phenoxy) is 3. The molecule has 12 heterocycles. The molecule has 0 bridgehead atoms. The van der Waals surface area contributed by atoms with Crippen LogP contribution in [0.15, 0.2) is 181 Å². The summed E-state index contributed by atoms with van der Waals surface area (Å²) in [5.41, 5.74) is -2.14. The molecule has 39 heteroatoms. The summed E-state index contributed by atoms with van der Waals surface area (Å²) < 4.78 is 187. The van der Waals surface area contributed by atoms with Crippen molar-refractivity contribution in [1.29, 1.82) is 0 Å². The average Bonchev–Trinajstić information content (AvgIpc) is 0.779. The fourth-order valence-electron chi connectivity index (χ4n) is 15.2. The highest BCUT2D eigenvalue weighted by atomic mass is 19.4. The summed E-state index contributed by atoms with van der Waals surface area (Å²) in [7, 11) is 5.97. The lowest BCUT2D eigenvalue weighted by Gasteiger charge is -2.44. The maximum atomic E-state index is 15.7. The van der Waals surface area contributed by atoms with Crippen LogP contribution in [-0.4, -0.2) is 257 Å². The van der Waals surface area contributed by atoms with Gasteiger partial charge in [0.25, 0.3) is 17.7 Å². The number of likely N-dealkylation sites (N-methyl/N-ethyl adjacent to an activating group) is 3. The fraction of sp³-hybridized carbons (Fsp3) is 0.400. The molecule has 6 aromatic rings. The standard InChI is InChI=1S/C29H33F4N7O2.2C28H31F4N7O2/c1-17-9-23(29(31,32)33)22(14-34-17)27(41)37-25-10-21(20-12-35-28(36-13-20)39-5-7-42-8-6-39)24(30)11-26(25)40-15-18(2)38(4)19(3)16-40;2*1-17-10-22(28(30,31)32)21(15-33-17)26(40)36-24-11-20(19-13-34-27(35-14-19)38-6-8-41-9-7-38)23(29)12-25(24)39-5-4-37(3)18(2)16-39/h9-14,18-19,34H,1,5-8,15-16H2,2-4H3,(H,37,41);2*10-15,18,33H,1,4-9,16H2,2-3H3,(H,36,40)/t18-,19+;2*18-/m.10/s1. The zero-order valence-corrected chi connectivity index (χ0v) is 69.2. The Morgan fingerprint density at radius 2 is 0.637 bits per heavy atom. The molecule has 124 heavy (non-hydrogen) atoms. The molecule has 0 radical (unpaired) electrons. The fourth-order valence-corrected chi connectivity index (χ4v) is 15.2. The third kappa shape index (κ3) is 21.1. The van der Waals surface area contributed by atoms with Crippen LogP contribution >= 0.6 is 0 Å². The van der Waals surface area contributed by atoms with Crippen LogP contribution in [0.1, 0.15) is 27.7 Å². The number of alkyl halides is 9. The number of piperazine rings is 3. The number of benzene rings is 3. The van der Waals surface area contributed by atoms with E-state index in [2.05, 4.69) is 96.2 Å². The number of halogens is 12. The smallest absolute Gasteiger partial charge is 0.378 e. The van der Waals surface area contributed by atoms with Crippen LogP contribution in [0.2, 0.25) is 0 Å². The van der Waals surface area contributed by atoms with Crippen LogP contribution in [0.5, 0.6) is 0 Å². The summed E-state index contributed by atoms with van der Waals surface area (Å²) in [6.45, 7) is 30.3. The summed E-state index contributed by atoms with van der Waals surface area (Å²) in [5.74, 6) is -3.24. The number of nitrogens with zero attached hydrogens (tertiary/aromatic N) is 15. The Balaban J connectivity index is 0.000000160. The second-order valence-electron chi connectivity index (χ2n) is 31.2. The van der Waals surface area contributed by atoms with Crippen molar-refractivity contribution in [3.8, 4) is 33.4 Å². The first kappa shape index (κ1) is 89.8. The van der Waals surface area contributed by atoms with Crippen LogP contribution in [0.4, 0.5) is 105 Å². The van der Waals surface area contributed by atoms with Crippen molar-refractivity contribution in [3.63, 3.8) is 0 Å². The molecular formula is C85H95F12N21O6. The Bertz CT molecular complexity index is 4970. The van der Waals surface area contributed by atoms with Crippen molar-refractivity contribution in [2.24, 2.45) is 0 Å². The SMILES string of the molecule is C=C1C=C(C(F)(F)F)C(C(=O)Nc2cc(-c3cnc(N4CCOCC4)nc3)c(F)cc2N2CCN(C)[C@@H](C)C2)=CN1.C=C1C=C(C(F)(F)F)C(C(=O)Nc2cc(-c3cnc(N4CCOCC4)nc3)c(F)cc2N2CCN(C)[C@H](C)C2)=CN1.C=C1C=C(C(F)(F)F)C(C(=O)Nc2cc(-c3cnc(N4CCOCC4)nc3)c(F)cc2N2C[C@@H](C)N(C)[C@@H](C)C2)=CN1. The molecule has 3 aromatic carbocycles. The van der Waals surface area contributed by atoms with E-state index >= 15 is 13.2 Å². The molecule has 27 nitrogen and oxygen atoms in total. The maximum Gasteiger partial charge on any atom is 0.417 e. The molecule has 6 N–H and O–H groups in total. The van der Waals surface area contributed by atoms with E-state index in [0.29, 0.717) is 183 Å². The number of anilines is 9. The lowest BCUT2D eigenvalue weighted by Crippen LogP contribution is -2.55. The van der Waals surface area contributed by atoms with Gasteiger partial charge in [-0.3, -0.25) is 19.3 Å². The number of hydrogen-bond acceptors (Lipinski definition) is 24. The number of amides is 3. The van der Waals surface area contributed by atoms with Gasteiger partial charge in [0.15, 0.2) is 0 Å². The first-order chi connectivity index (χ1) is 58.9. The van der Waals surface area contributed by atoms with Gasteiger partial charge in [-0.15, -0.1) is 0 Å². The summed E-state index contributed by atoms with van der Waals surface area (Å²) in [4.78, 5) is 84.4. The molecule has 0 spiro atoms. The Morgan fingerprint density at radius 1 is 0.379 bits per heavy atom. The Morgan fingerprint density at radius 3 is 0.895 bits per heavy atom. The number of morpholine rings is 3. The van der Waals surface area contributed by atoms with E-state index in [-0.39, 0.29) is 75.0 Å². The molecule has 15 rings (SSSR count). The number of aromatic nitrogens is 6. The van der Waals surface area contributed by atoms with E-state index in [9.17, 15) is 53.9 Å². The number of carbonyl (C=O) groups excluding carboxylic acids is 3. The number of nitrogens with one attached hydrogen (secondary N) is 6. The highest BCUT2D eigenvalue weighted by molar-refractivity contribution is 6.11. The van der Waals surface area contributed by atoms with E-state index in [1.165, 1.54) is 73.6 Å². The minimum atomic E-state index is -4.78. The number of dihydropyridines is 3. The van der Waals surface area contributed by atoms with Gasteiger partial charge in [0.05, 0.1) is 107 Å². The first-order valence-corrected chi connectivity index (χ1v) is 40.1. The normalized spacial score (nSPS) is 20.9. The topological polar surface area (TPSA) is 258 Å². The third-order valence-electron chi connectivity index (χ3n) is 22.7. The molecule has 0 aliphatic carbocycles. The van der Waals surface area contributed by atoms with Gasteiger partial charge in [-0.25, -0.2) is 43.1 Å². The Hall–Kier alpha value is -11.9. The zero-order chi connectivity index (χ0) is 88.8. The van der Waals surface area contributed by atoms with E-state index in [1.54, 1.807) is 0 Å². The van der Waals surface area contributed by atoms with Gasteiger partial charge < -0.3 is 85.3 Å². The van der Waals surface area contributed by atoms with Gasteiger partial charge in [-0.2, -0.15) is 39.5 Å². The van der Waals surface area contributed by atoms with Crippen molar-refractivity contribution in [1.82, 2.24) is 60.6 Å². The van der Waals surface area contributed by atoms with Crippen LogP contribution in [0.3, 0.4) is 0 Å². The molecular weight excluding hydrogens is 1640 g/mol. The molecule has 660 valence electrons. The number of carbonyl (C=O) groups is 3. The van der Waals surface area contributed by atoms with E-state index < -0.39 is 87.1 Å². The van der Waals surface area contributed by atoms with Crippen LogP contribution in [0.25, 0.3) is 33.4 Å². The summed E-state index contributed by atoms with van der Waals surface area (Å²) in [5, 5.41) is 15.6. The molecule has 9 aliphatic rings. The summed E-state index contributed by atoms with van der Waals surface area (Å²) >= 11 is 0. The molecule has 9 aliphatic heterocycles. The molecule has 4 atom stereocenters. The van der Waals surface area contributed by atoms with E-state index in [0.717, 1.165) is 36.8 Å². The molecule has 3 aromatic heterocycles. The van der Waals surface area contributed by atoms with Gasteiger partial charge in [-0.05, 0) is 103 Å². The summed E-state index contributed by atoms with van der Waals surface area (Å²) in [6, 6.07) is 8.66. The predicted molar refractivity (Wildman–Crippen MR) is 448 cm³/mol. The minimum Gasteiger partial charge on any atom is -0.378 e. The second-order valence-corrected chi connectivity index (χ2v) is 31.2. The number of rotatable bonds is 15. The van der Waals surface area contributed by atoms with Gasteiger partial charge in [0, 0.05) is 222 Å². The van der Waals surface area contributed by atoms with Crippen molar-refractivity contribution >= 4 is 69.7 Å². The number of allylic oxidation sites excluding steroid dienone is 3. The molecule has 6 saturated heterocycles. The van der Waals surface area contributed by atoms with Crippen molar-refractivity contribution < 1.29 is 81.3 Å². The van der Waals surface area contributed by atoms with Crippen molar-refractivity contribution in [2.75, 3.05) is 198 Å². The predicted octanol–water partition coefficient (Wildman–Crippen LogP) is 11.5. The largest absolute Gasteiger partial charge is 0.417 e. The first-order valence-electron chi connectivity index (χ1n) is 40.1. The lowest BCUT2D eigenvalue weighted by atomic mass is 10.0. The number of hydrogen-bond donors (Lipinski definition) is 6. The van der Waals surface area contributed by atoms with Crippen LogP contribution in [-0.2, 0) is 28.6 Å². The van der Waals surface area contributed by atoms with Crippen molar-refractivity contribution in [3.05, 3.63) is 198 Å². The van der Waals surface area contributed by atoms with Gasteiger partial charge >= 0.3 is 18.5 Å². The molecule has 6 fully saturated rings. The van der Waals surface area contributed by atoms with E-state index in [1.807, 2.05) is 78.2 Å². The van der Waals surface area contributed by atoms with Crippen LogP contribution < -0.4 is 61.3 Å². The second kappa shape index (κ2) is 38.1. The molecule has 3 amide bonds. The Labute approximate surface area is 708 Å². The van der Waals surface area contributed by atoms with Gasteiger partial charge in [-0.1, -0.05) is 19.7 Å². The highest BCUT2D eigenvalue weighted by Crippen LogP contribution is 2.44. The average molecular weight is 1730 g/mol. The maximum absolute atomic E-state index is 15.7. The Kier molecular flexibility index (Phi) is 27.6.